The largest absolute Gasteiger partial charge is 0.444 e. The van der Waals surface area contributed by atoms with Gasteiger partial charge in [-0.1, -0.05) is 30.3 Å². The summed E-state index contributed by atoms with van der Waals surface area (Å²) in [6.45, 7) is 2.56. The standard InChI is InChI=1S/C12H17N3O2/c13-6-11-7-15(8-11)14-12(16)17-9-10-4-2-1-3-5-10/h1-5,11H,6-9,13H2,(H,14,16). The average molecular weight is 235 g/mol. The third kappa shape index (κ3) is 3.44. The highest BCUT2D eigenvalue weighted by Crippen LogP contribution is 2.10. The minimum atomic E-state index is -0.413. The van der Waals surface area contributed by atoms with Crippen molar-refractivity contribution in [1.29, 1.82) is 0 Å². The van der Waals surface area contributed by atoms with Crippen LogP contribution in [0, 0.1) is 5.92 Å². The van der Waals surface area contributed by atoms with Crippen molar-refractivity contribution < 1.29 is 9.53 Å². The van der Waals surface area contributed by atoms with E-state index in [4.69, 9.17) is 10.5 Å². The van der Waals surface area contributed by atoms with Crippen molar-refractivity contribution in [3.05, 3.63) is 35.9 Å². The van der Waals surface area contributed by atoms with E-state index in [0.717, 1.165) is 18.7 Å². The van der Waals surface area contributed by atoms with E-state index in [1.165, 1.54) is 0 Å². The third-order valence-corrected chi connectivity index (χ3v) is 2.75. The van der Waals surface area contributed by atoms with Gasteiger partial charge in [-0.15, -0.1) is 0 Å². The normalized spacial score (nSPS) is 16.3. The Morgan fingerprint density at radius 3 is 2.76 bits per heavy atom. The molecule has 0 spiro atoms. The molecule has 1 aliphatic heterocycles. The van der Waals surface area contributed by atoms with Crippen LogP contribution in [0.2, 0.25) is 0 Å². The first-order valence-corrected chi connectivity index (χ1v) is 5.70. The second-order valence-corrected chi connectivity index (χ2v) is 4.18. The second-order valence-electron chi connectivity index (χ2n) is 4.18. The van der Waals surface area contributed by atoms with Gasteiger partial charge in [-0.3, -0.25) is 5.43 Å². The lowest BCUT2D eigenvalue weighted by molar-refractivity contribution is 0.0354. The number of amides is 1. The molecular formula is C12H17N3O2. The predicted octanol–water partition coefficient (Wildman–Crippen LogP) is 0.718. The molecule has 5 nitrogen and oxygen atoms in total. The lowest BCUT2D eigenvalue weighted by atomic mass is 10.0. The van der Waals surface area contributed by atoms with Crippen LogP contribution in [0.4, 0.5) is 4.79 Å². The number of ether oxygens (including phenoxy) is 1. The summed E-state index contributed by atoms with van der Waals surface area (Å²) in [5.74, 6) is 0.490. The number of benzene rings is 1. The van der Waals surface area contributed by atoms with Gasteiger partial charge in [0.05, 0.1) is 0 Å². The molecule has 1 aromatic carbocycles. The van der Waals surface area contributed by atoms with E-state index in [2.05, 4.69) is 5.43 Å². The molecule has 1 fully saturated rings. The topological polar surface area (TPSA) is 67.6 Å². The highest BCUT2D eigenvalue weighted by atomic mass is 16.6. The molecule has 92 valence electrons. The smallest absolute Gasteiger partial charge is 0.422 e. The van der Waals surface area contributed by atoms with Gasteiger partial charge >= 0.3 is 6.09 Å². The van der Waals surface area contributed by atoms with Gasteiger partial charge in [-0.05, 0) is 12.1 Å². The zero-order valence-corrected chi connectivity index (χ0v) is 9.63. The van der Waals surface area contributed by atoms with Gasteiger partial charge in [-0.25, -0.2) is 9.80 Å². The first-order chi connectivity index (χ1) is 8.28. The zero-order valence-electron chi connectivity index (χ0n) is 9.63. The van der Waals surface area contributed by atoms with Crippen LogP contribution in [0.15, 0.2) is 30.3 Å². The van der Waals surface area contributed by atoms with E-state index in [9.17, 15) is 4.79 Å². The van der Waals surface area contributed by atoms with Gasteiger partial charge in [-0.2, -0.15) is 0 Å². The first kappa shape index (κ1) is 11.9. The Morgan fingerprint density at radius 2 is 2.12 bits per heavy atom. The van der Waals surface area contributed by atoms with Crippen molar-refractivity contribution in [2.24, 2.45) is 11.7 Å². The van der Waals surface area contributed by atoms with Crippen LogP contribution in [0.25, 0.3) is 0 Å². The van der Waals surface area contributed by atoms with Crippen LogP contribution >= 0.6 is 0 Å². The molecule has 1 aromatic rings. The Kier molecular flexibility index (Phi) is 3.95. The lowest BCUT2D eigenvalue weighted by Crippen LogP contribution is -2.57. The molecule has 1 amide bonds. The van der Waals surface area contributed by atoms with Crippen molar-refractivity contribution in [2.45, 2.75) is 6.61 Å². The first-order valence-electron chi connectivity index (χ1n) is 5.70. The fourth-order valence-electron chi connectivity index (χ4n) is 1.69. The molecule has 2 rings (SSSR count). The van der Waals surface area contributed by atoms with E-state index < -0.39 is 6.09 Å². The van der Waals surface area contributed by atoms with Crippen LogP contribution in [-0.2, 0) is 11.3 Å². The monoisotopic (exact) mass is 235 g/mol. The summed E-state index contributed by atoms with van der Waals surface area (Å²) in [4.78, 5) is 11.4. The number of hydrogen-bond donors (Lipinski definition) is 2. The van der Waals surface area contributed by atoms with Crippen LogP contribution in [0.1, 0.15) is 5.56 Å². The van der Waals surface area contributed by atoms with Gasteiger partial charge in [0.25, 0.3) is 0 Å². The highest BCUT2D eigenvalue weighted by molar-refractivity contribution is 5.66. The van der Waals surface area contributed by atoms with Gasteiger partial charge < -0.3 is 10.5 Å². The van der Waals surface area contributed by atoms with Crippen molar-refractivity contribution in [3.8, 4) is 0 Å². The van der Waals surface area contributed by atoms with E-state index in [0.29, 0.717) is 19.1 Å². The molecule has 3 N–H and O–H groups in total. The molecule has 0 aromatic heterocycles. The van der Waals surface area contributed by atoms with E-state index in [1.54, 1.807) is 0 Å². The fraction of sp³-hybridized carbons (Fsp3) is 0.417. The molecule has 0 bridgehead atoms. The third-order valence-electron chi connectivity index (χ3n) is 2.75. The molecule has 0 unspecified atom stereocenters. The Morgan fingerprint density at radius 1 is 1.41 bits per heavy atom. The molecule has 1 aliphatic rings. The fourth-order valence-corrected chi connectivity index (χ4v) is 1.69. The molecule has 0 atom stereocenters. The van der Waals surface area contributed by atoms with Crippen molar-refractivity contribution in [2.75, 3.05) is 19.6 Å². The minimum Gasteiger partial charge on any atom is -0.444 e. The second kappa shape index (κ2) is 5.65. The summed E-state index contributed by atoms with van der Waals surface area (Å²) in [7, 11) is 0. The van der Waals surface area contributed by atoms with Crippen LogP contribution in [-0.4, -0.2) is 30.7 Å². The Bertz CT molecular complexity index is 363. The van der Waals surface area contributed by atoms with Crippen LogP contribution in [0.5, 0.6) is 0 Å². The number of hydrazine groups is 1. The van der Waals surface area contributed by atoms with E-state index >= 15 is 0 Å². The number of rotatable bonds is 4. The van der Waals surface area contributed by atoms with Crippen molar-refractivity contribution in [3.63, 3.8) is 0 Å². The Hall–Kier alpha value is -1.59. The van der Waals surface area contributed by atoms with Crippen molar-refractivity contribution >= 4 is 6.09 Å². The van der Waals surface area contributed by atoms with Gasteiger partial charge in [0.15, 0.2) is 0 Å². The molecular weight excluding hydrogens is 218 g/mol. The Balaban J connectivity index is 1.65. The van der Waals surface area contributed by atoms with Gasteiger partial charge in [0.2, 0.25) is 0 Å². The number of nitrogens with two attached hydrogens (primary N) is 1. The minimum absolute atomic E-state index is 0.292. The molecule has 0 radical (unpaired) electrons. The van der Waals surface area contributed by atoms with E-state index in [-0.39, 0.29) is 0 Å². The predicted molar refractivity (Wildman–Crippen MR) is 63.9 cm³/mol. The van der Waals surface area contributed by atoms with E-state index in [1.807, 2.05) is 35.3 Å². The summed E-state index contributed by atoms with van der Waals surface area (Å²) in [6.07, 6.45) is -0.413. The van der Waals surface area contributed by atoms with Gasteiger partial charge in [0.1, 0.15) is 6.61 Å². The quantitative estimate of drug-likeness (QED) is 0.807. The molecule has 1 heterocycles. The maximum atomic E-state index is 11.4. The molecule has 0 saturated carbocycles. The molecule has 0 aliphatic carbocycles. The average Bonchev–Trinajstić information content (AvgIpc) is 2.32. The summed E-state index contributed by atoms with van der Waals surface area (Å²) < 4.78 is 5.08. The maximum Gasteiger partial charge on any atom is 0.422 e. The number of hydrogen-bond acceptors (Lipinski definition) is 4. The highest BCUT2D eigenvalue weighted by Gasteiger charge is 2.26. The molecule has 17 heavy (non-hydrogen) atoms. The van der Waals surface area contributed by atoms with Crippen molar-refractivity contribution in [1.82, 2.24) is 10.4 Å². The summed E-state index contributed by atoms with van der Waals surface area (Å²) in [6, 6.07) is 9.59. The maximum absolute atomic E-state index is 11.4. The molecule has 5 heteroatoms. The summed E-state index contributed by atoms with van der Waals surface area (Å²) in [5, 5.41) is 1.81. The summed E-state index contributed by atoms with van der Waals surface area (Å²) in [5.41, 5.74) is 9.14. The van der Waals surface area contributed by atoms with Gasteiger partial charge in [0, 0.05) is 19.0 Å². The van der Waals surface area contributed by atoms with Crippen LogP contribution in [0.3, 0.4) is 0 Å². The zero-order chi connectivity index (χ0) is 12.1. The van der Waals surface area contributed by atoms with Crippen LogP contribution < -0.4 is 11.2 Å². The SMILES string of the molecule is NCC1CN(NC(=O)OCc2ccccc2)C1. The number of nitrogens with zero attached hydrogens (tertiary/aromatic N) is 1. The number of nitrogens with one attached hydrogen (secondary N) is 1. The molecule has 1 saturated heterocycles. The number of carbonyl (C=O) groups is 1. The summed E-state index contributed by atoms with van der Waals surface area (Å²) >= 11 is 0. The Labute approximate surface area is 101 Å². The lowest BCUT2D eigenvalue weighted by Gasteiger charge is -2.37. The number of carbonyl (C=O) groups excluding carboxylic acids is 1.